The van der Waals surface area contributed by atoms with E-state index in [9.17, 15) is 4.79 Å². The number of nitrogens with one attached hydrogen (secondary N) is 1. The lowest BCUT2D eigenvalue weighted by atomic mass is 9.79. The smallest absolute Gasteiger partial charge is 0.251 e. The third-order valence-electron chi connectivity index (χ3n) is 6.43. The summed E-state index contributed by atoms with van der Waals surface area (Å²) in [5.74, 6) is 2.35. The number of hydrogen-bond acceptors (Lipinski definition) is 6. The number of carbonyl (C=O) groups is 1. The van der Waals surface area contributed by atoms with Gasteiger partial charge in [0.2, 0.25) is 0 Å². The summed E-state index contributed by atoms with van der Waals surface area (Å²) in [5.41, 5.74) is 4.31. The second-order valence-electron chi connectivity index (χ2n) is 10.2. The summed E-state index contributed by atoms with van der Waals surface area (Å²) in [6, 6.07) is 3.72. The average molecular weight is 448 g/mol. The highest BCUT2D eigenvalue weighted by molar-refractivity contribution is 5.95. The maximum Gasteiger partial charge on any atom is 0.251 e. The normalized spacial score (nSPS) is 18.8. The van der Waals surface area contributed by atoms with E-state index in [1.54, 1.807) is 18.5 Å². The Hall–Kier alpha value is -3.09. The predicted octanol–water partition coefficient (Wildman–Crippen LogP) is 5.14. The summed E-state index contributed by atoms with van der Waals surface area (Å²) < 4.78 is 5.56. The molecule has 3 heterocycles. The number of aromatic nitrogens is 4. The van der Waals surface area contributed by atoms with E-state index in [0.29, 0.717) is 23.9 Å². The monoisotopic (exact) mass is 447 g/mol. The van der Waals surface area contributed by atoms with E-state index in [1.165, 1.54) is 0 Å². The fraction of sp³-hybridized carbons (Fsp3) is 0.500. The molecule has 1 saturated carbocycles. The van der Waals surface area contributed by atoms with Crippen molar-refractivity contribution in [3.05, 3.63) is 59.1 Å². The highest BCUT2D eigenvalue weighted by Gasteiger charge is 2.29. The van der Waals surface area contributed by atoms with Gasteiger partial charge in [-0.2, -0.15) is 0 Å². The van der Waals surface area contributed by atoms with Gasteiger partial charge >= 0.3 is 0 Å². The molecule has 1 aliphatic rings. The van der Waals surface area contributed by atoms with Crippen LogP contribution < -0.4 is 5.32 Å². The summed E-state index contributed by atoms with van der Waals surface area (Å²) in [7, 11) is 0. The zero-order chi connectivity index (χ0) is 23.6. The molecular weight excluding hydrogens is 414 g/mol. The molecule has 4 rings (SSSR count). The number of nitrogens with zero attached hydrogens (tertiary/aromatic N) is 4. The van der Waals surface area contributed by atoms with Gasteiger partial charge in [-0.15, -0.1) is 0 Å². The predicted molar refractivity (Wildman–Crippen MR) is 127 cm³/mol. The first-order valence-corrected chi connectivity index (χ1v) is 11.7. The lowest BCUT2D eigenvalue weighted by Crippen LogP contribution is -2.31. The number of aryl methyl sites for hydroxylation is 2. The van der Waals surface area contributed by atoms with Crippen LogP contribution in [0.2, 0.25) is 0 Å². The topological polar surface area (TPSA) is 93.8 Å². The molecule has 0 aliphatic heterocycles. The van der Waals surface area contributed by atoms with Gasteiger partial charge in [-0.05, 0) is 57.1 Å². The Bertz CT molecular complexity index is 1120. The van der Waals surface area contributed by atoms with Crippen LogP contribution in [0.25, 0.3) is 11.3 Å². The Morgan fingerprint density at radius 1 is 1.15 bits per heavy atom. The molecule has 0 saturated heterocycles. The summed E-state index contributed by atoms with van der Waals surface area (Å²) in [6.45, 7) is 10.9. The van der Waals surface area contributed by atoms with E-state index in [0.717, 1.165) is 59.8 Å². The molecule has 1 fully saturated rings. The SMILES string of the molecule is Cc1cc(-c2cnc(C(C)(C)C)nc2C2CCC(CNC(=O)c3ccncc3C)CC2)on1. The van der Waals surface area contributed by atoms with Crippen molar-refractivity contribution in [1.82, 2.24) is 25.4 Å². The van der Waals surface area contributed by atoms with Gasteiger partial charge in [0.15, 0.2) is 5.76 Å². The van der Waals surface area contributed by atoms with Crippen LogP contribution in [0.15, 0.2) is 35.2 Å². The molecule has 1 aliphatic carbocycles. The molecule has 3 aromatic heterocycles. The Balaban J connectivity index is 1.45. The van der Waals surface area contributed by atoms with Crippen molar-refractivity contribution < 1.29 is 9.32 Å². The first-order chi connectivity index (χ1) is 15.7. The molecular formula is C26H33N5O2. The molecule has 33 heavy (non-hydrogen) atoms. The molecule has 0 aromatic carbocycles. The highest BCUT2D eigenvalue weighted by Crippen LogP contribution is 2.39. The van der Waals surface area contributed by atoms with Gasteiger partial charge in [0.25, 0.3) is 5.91 Å². The van der Waals surface area contributed by atoms with Crippen LogP contribution in [0.1, 0.15) is 85.5 Å². The first kappa shape index (κ1) is 23.1. The van der Waals surface area contributed by atoms with Crippen LogP contribution in [0, 0.1) is 19.8 Å². The van der Waals surface area contributed by atoms with Crippen molar-refractivity contribution in [1.29, 1.82) is 0 Å². The molecule has 7 heteroatoms. The largest absolute Gasteiger partial charge is 0.356 e. The van der Waals surface area contributed by atoms with Crippen molar-refractivity contribution in [3.8, 4) is 11.3 Å². The van der Waals surface area contributed by atoms with Gasteiger partial charge in [0.1, 0.15) is 5.82 Å². The molecule has 0 radical (unpaired) electrons. The second-order valence-corrected chi connectivity index (χ2v) is 10.2. The maximum absolute atomic E-state index is 12.6. The standard InChI is InChI=1S/C26H33N5O2/c1-16-13-27-11-10-20(16)24(32)28-14-18-6-8-19(9-7-18)23-21(22-12-17(2)31-33-22)15-29-25(30-23)26(3,4)5/h10-13,15,18-19H,6-9,14H2,1-5H3,(H,28,32). The van der Waals surface area contributed by atoms with Gasteiger partial charge in [0, 0.05) is 48.1 Å². The first-order valence-electron chi connectivity index (χ1n) is 11.7. The summed E-state index contributed by atoms with van der Waals surface area (Å²) in [5, 5.41) is 7.18. The van der Waals surface area contributed by atoms with Crippen LogP contribution in [0.5, 0.6) is 0 Å². The molecule has 0 atom stereocenters. The maximum atomic E-state index is 12.6. The molecule has 3 aromatic rings. The number of amides is 1. The molecule has 0 spiro atoms. The van der Waals surface area contributed by atoms with Crippen molar-refractivity contribution in [2.45, 2.75) is 71.6 Å². The fourth-order valence-electron chi connectivity index (χ4n) is 4.45. The van der Waals surface area contributed by atoms with Gasteiger partial charge in [-0.1, -0.05) is 25.9 Å². The zero-order valence-electron chi connectivity index (χ0n) is 20.2. The van der Waals surface area contributed by atoms with E-state index >= 15 is 0 Å². The Kier molecular flexibility index (Phi) is 6.58. The number of carbonyl (C=O) groups excluding carboxylic acids is 1. The average Bonchev–Trinajstić information content (AvgIpc) is 3.23. The van der Waals surface area contributed by atoms with Crippen LogP contribution in [0.4, 0.5) is 0 Å². The Labute approximate surface area is 195 Å². The van der Waals surface area contributed by atoms with Crippen LogP contribution in [-0.2, 0) is 5.41 Å². The third-order valence-corrected chi connectivity index (χ3v) is 6.43. The van der Waals surface area contributed by atoms with Crippen molar-refractivity contribution in [2.75, 3.05) is 6.54 Å². The number of rotatable bonds is 5. The Morgan fingerprint density at radius 3 is 2.55 bits per heavy atom. The quantitative estimate of drug-likeness (QED) is 0.582. The van der Waals surface area contributed by atoms with Crippen molar-refractivity contribution in [3.63, 3.8) is 0 Å². The molecule has 174 valence electrons. The summed E-state index contributed by atoms with van der Waals surface area (Å²) in [4.78, 5) is 26.3. The lowest BCUT2D eigenvalue weighted by molar-refractivity contribution is 0.0942. The fourth-order valence-corrected chi connectivity index (χ4v) is 4.45. The molecule has 7 nitrogen and oxygen atoms in total. The molecule has 0 unspecified atom stereocenters. The highest BCUT2D eigenvalue weighted by atomic mass is 16.5. The molecule has 1 N–H and O–H groups in total. The molecule has 0 bridgehead atoms. The minimum absolute atomic E-state index is 0.0226. The van der Waals surface area contributed by atoms with E-state index < -0.39 is 0 Å². The van der Waals surface area contributed by atoms with Gasteiger partial charge in [-0.25, -0.2) is 9.97 Å². The van der Waals surface area contributed by atoms with E-state index in [1.807, 2.05) is 26.1 Å². The number of pyridine rings is 1. The van der Waals surface area contributed by atoms with Crippen molar-refractivity contribution in [2.24, 2.45) is 5.92 Å². The van der Waals surface area contributed by atoms with Crippen LogP contribution >= 0.6 is 0 Å². The second kappa shape index (κ2) is 9.41. The van der Waals surface area contributed by atoms with Gasteiger partial charge in [-0.3, -0.25) is 9.78 Å². The third kappa shape index (κ3) is 5.29. The van der Waals surface area contributed by atoms with Gasteiger partial charge < -0.3 is 9.84 Å². The zero-order valence-corrected chi connectivity index (χ0v) is 20.2. The van der Waals surface area contributed by atoms with E-state index in [4.69, 9.17) is 9.51 Å². The number of hydrogen-bond donors (Lipinski definition) is 1. The van der Waals surface area contributed by atoms with Crippen LogP contribution in [0.3, 0.4) is 0 Å². The van der Waals surface area contributed by atoms with E-state index in [-0.39, 0.29) is 11.3 Å². The van der Waals surface area contributed by atoms with E-state index in [2.05, 4.69) is 41.2 Å². The minimum Gasteiger partial charge on any atom is -0.356 e. The molecule has 1 amide bonds. The Morgan fingerprint density at radius 2 is 1.91 bits per heavy atom. The summed E-state index contributed by atoms with van der Waals surface area (Å²) >= 11 is 0. The van der Waals surface area contributed by atoms with Crippen molar-refractivity contribution >= 4 is 5.91 Å². The summed E-state index contributed by atoms with van der Waals surface area (Å²) in [6.07, 6.45) is 9.42. The lowest BCUT2D eigenvalue weighted by Gasteiger charge is -2.30. The van der Waals surface area contributed by atoms with Gasteiger partial charge in [0.05, 0.1) is 17.0 Å². The minimum atomic E-state index is -0.128. The van der Waals surface area contributed by atoms with Crippen LogP contribution in [-0.4, -0.2) is 32.6 Å².